The fraction of sp³-hybridized carbons (Fsp3) is 0.857. The zero-order valence-corrected chi connectivity index (χ0v) is 10.4. The summed E-state index contributed by atoms with van der Waals surface area (Å²) in [6.45, 7) is 5.55. The average molecular weight is 220 g/mol. The van der Waals surface area contributed by atoms with Gasteiger partial charge in [-0.05, 0) is 31.6 Å². The normalized spacial score (nSPS) is 32.8. The fourth-order valence-electron chi connectivity index (χ4n) is 3.08. The van der Waals surface area contributed by atoms with Gasteiger partial charge in [0.25, 0.3) is 0 Å². The van der Waals surface area contributed by atoms with E-state index in [9.17, 15) is 0 Å². The fourth-order valence-corrected chi connectivity index (χ4v) is 3.08. The van der Waals surface area contributed by atoms with E-state index in [-0.39, 0.29) is 0 Å². The highest BCUT2D eigenvalue weighted by molar-refractivity contribution is 4.91. The van der Waals surface area contributed by atoms with Crippen LogP contribution in [0, 0.1) is 18.3 Å². The third-order valence-electron chi connectivity index (χ3n) is 4.21. The van der Waals surface area contributed by atoms with Crippen LogP contribution < -0.4 is 5.32 Å². The van der Waals surface area contributed by atoms with Gasteiger partial charge in [0.05, 0.1) is 6.54 Å². The molecule has 1 saturated carbocycles. The Labute approximate surface area is 99.8 Å². The number of rotatable bonds is 3. The lowest BCUT2D eigenvalue weighted by atomic mass is 10.0. The highest BCUT2D eigenvalue weighted by Gasteiger charge is 2.27. The van der Waals surface area contributed by atoms with Gasteiger partial charge in [0.2, 0.25) is 0 Å². The lowest BCUT2D eigenvalue weighted by Crippen LogP contribution is -2.46. The summed E-state index contributed by atoms with van der Waals surface area (Å²) in [6, 6.07) is 1.52. The first kappa shape index (κ1) is 12.0. The molecule has 2 atom stereocenters. The molecule has 0 radical (unpaired) electrons. The minimum absolute atomic E-state index is 0.736. The number of nitrogens with zero attached hydrogens (tertiary/aromatic N) is 1. The van der Waals surface area contributed by atoms with E-state index in [1.165, 1.54) is 45.2 Å². The maximum Gasteiger partial charge on any atom is 0.0598 e. The Kier molecular flexibility index (Phi) is 4.26. The van der Waals surface area contributed by atoms with E-state index in [1.54, 1.807) is 0 Å². The molecule has 1 aliphatic carbocycles. The van der Waals surface area contributed by atoms with E-state index >= 15 is 0 Å². The summed E-state index contributed by atoms with van der Waals surface area (Å²) in [5.41, 5.74) is 0. The average Bonchev–Trinajstić information content (AvgIpc) is 2.68. The summed E-state index contributed by atoms with van der Waals surface area (Å²) in [7, 11) is 0. The molecule has 2 unspecified atom stereocenters. The molecule has 0 bridgehead atoms. The van der Waals surface area contributed by atoms with Gasteiger partial charge in [-0.15, -0.1) is 6.42 Å². The molecule has 1 saturated heterocycles. The molecule has 0 aromatic carbocycles. The van der Waals surface area contributed by atoms with Gasteiger partial charge in [-0.25, -0.2) is 0 Å². The van der Waals surface area contributed by atoms with Crippen LogP contribution in [0.2, 0.25) is 0 Å². The molecule has 2 aliphatic rings. The number of likely N-dealkylation sites (tertiary alicyclic amines) is 1. The third-order valence-corrected chi connectivity index (χ3v) is 4.21. The zero-order valence-electron chi connectivity index (χ0n) is 10.4. The van der Waals surface area contributed by atoms with Crippen LogP contribution in [0.15, 0.2) is 0 Å². The smallest absolute Gasteiger partial charge is 0.0598 e. The molecule has 16 heavy (non-hydrogen) atoms. The van der Waals surface area contributed by atoms with E-state index in [0.29, 0.717) is 0 Å². The largest absolute Gasteiger partial charge is 0.311 e. The monoisotopic (exact) mass is 220 g/mol. The Bertz CT molecular complexity index is 248. The van der Waals surface area contributed by atoms with Crippen molar-refractivity contribution >= 4 is 0 Å². The second kappa shape index (κ2) is 5.70. The molecular weight excluding hydrogens is 196 g/mol. The van der Waals surface area contributed by atoms with Gasteiger partial charge in [-0.1, -0.05) is 19.3 Å². The SMILES string of the molecule is C#CCN1CCC(NC2CCCC2C)CC1. The van der Waals surface area contributed by atoms with E-state index in [0.717, 1.165) is 24.5 Å². The molecule has 2 nitrogen and oxygen atoms in total. The second-order valence-corrected chi connectivity index (χ2v) is 5.44. The van der Waals surface area contributed by atoms with Crippen molar-refractivity contribution < 1.29 is 0 Å². The highest BCUT2D eigenvalue weighted by atomic mass is 15.1. The Morgan fingerprint density at radius 1 is 1.25 bits per heavy atom. The van der Waals surface area contributed by atoms with Crippen molar-refractivity contribution in [3.8, 4) is 12.3 Å². The van der Waals surface area contributed by atoms with Crippen molar-refractivity contribution in [2.75, 3.05) is 19.6 Å². The van der Waals surface area contributed by atoms with Crippen LogP contribution in [0.3, 0.4) is 0 Å². The highest BCUT2D eigenvalue weighted by Crippen LogP contribution is 2.26. The molecule has 2 heteroatoms. The van der Waals surface area contributed by atoms with Crippen molar-refractivity contribution in [2.24, 2.45) is 5.92 Å². The van der Waals surface area contributed by atoms with Gasteiger partial charge < -0.3 is 5.32 Å². The summed E-state index contributed by atoms with van der Waals surface area (Å²) >= 11 is 0. The molecule has 0 aromatic rings. The molecule has 90 valence electrons. The molecule has 2 rings (SSSR count). The third kappa shape index (κ3) is 2.99. The number of piperidine rings is 1. The molecule has 2 fully saturated rings. The summed E-state index contributed by atoms with van der Waals surface area (Å²) in [5, 5.41) is 3.85. The predicted octanol–water partition coefficient (Wildman–Crippen LogP) is 1.86. The second-order valence-electron chi connectivity index (χ2n) is 5.44. The minimum Gasteiger partial charge on any atom is -0.311 e. The first-order valence-corrected chi connectivity index (χ1v) is 6.71. The summed E-state index contributed by atoms with van der Waals surface area (Å²) in [6.07, 6.45) is 12.1. The quantitative estimate of drug-likeness (QED) is 0.730. The Balaban J connectivity index is 1.71. The van der Waals surface area contributed by atoms with Crippen LogP contribution in [0.25, 0.3) is 0 Å². The van der Waals surface area contributed by atoms with Crippen LogP contribution in [-0.2, 0) is 0 Å². The molecule has 1 aliphatic heterocycles. The number of hydrogen-bond acceptors (Lipinski definition) is 2. The first-order valence-electron chi connectivity index (χ1n) is 6.71. The molecule has 0 spiro atoms. The van der Waals surface area contributed by atoms with Crippen molar-refractivity contribution in [1.29, 1.82) is 0 Å². The molecule has 0 amide bonds. The topological polar surface area (TPSA) is 15.3 Å². The van der Waals surface area contributed by atoms with Crippen molar-refractivity contribution in [1.82, 2.24) is 10.2 Å². The van der Waals surface area contributed by atoms with Crippen molar-refractivity contribution in [3.05, 3.63) is 0 Å². The van der Waals surface area contributed by atoms with E-state index in [1.807, 2.05) is 0 Å². The van der Waals surface area contributed by atoms with E-state index in [2.05, 4.69) is 23.1 Å². The zero-order chi connectivity index (χ0) is 11.4. The first-order chi connectivity index (χ1) is 7.79. The van der Waals surface area contributed by atoms with Crippen LogP contribution in [0.1, 0.15) is 39.0 Å². The van der Waals surface area contributed by atoms with Crippen molar-refractivity contribution in [2.45, 2.75) is 51.1 Å². The number of terminal acetylenes is 1. The van der Waals surface area contributed by atoms with Gasteiger partial charge in [-0.3, -0.25) is 4.90 Å². The van der Waals surface area contributed by atoms with E-state index < -0.39 is 0 Å². The predicted molar refractivity (Wildman–Crippen MR) is 68.2 cm³/mol. The van der Waals surface area contributed by atoms with Crippen LogP contribution in [0.5, 0.6) is 0 Å². The Morgan fingerprint density at radius 3 is 2.56 bits per heavy atom. The maximum absolute atomic E-state index is 5.34. The molecular formula is C14H24N2. The molecule has 1 N–H and O–H groups in total. The number of nitrogens with one attached hydrogen (secondary N) is 1. The van der Waals surface area contributed by atoms with Gasteiger partial charge in [0.15, 0.2) is 0 Å². The molecule has 0 aromatic heterocycles. The van der Waals surface area contributed by atoms with Crippen LogP contribution in [-0.4, -0.2) is 36.6 Å². The van der Waals surface area contributed by atoms with Crippen LogP contribution in [0.4, 0.5) is 0 Å². The van der Waals surface area contributed by atoms with Gasteiger partial charge in [0, 0.05) is 25.2 Å². The Morgan fingerprint density at radius 2 is 2.00 bits per heavy atom. The standard InChI is InChI=1S/C14H24N2/c1-3-9-16-10-7-13(8-11-16)15-14-6-4-5-12(14)2/h1,12-15H,4-11H2,2H3. The summed E-state index contributed by atoms with van der Waals surface area (Å²) in [4.78, 5) is 2.39. The lowest BCUT2D eigenvalue weighted by molar-refractivity contribution is 0.203. The van der Waals surface area contributed by atoms with E-state index in [4.69, 9.17) is 6.42 Å². The Hall–Kier alpha value is -0.520. The maximum atomic E-state index is 5.34. The number of hydrogen-bond donors (Lipinski definition) is 1. The van der Waals surface area contributed by atoms with Gasteiger partial charge in [0.1, 0.15) is 0 Å². The van der Waals surface area contributed by atoms with Crippen molar-refractivity contribution in [3.63, 3.8) is 0 Å². The van der Waals surface area contributed by atoms with Gasteiger partial charge in [-0.2, -0.15) is 0 Å². The van der Waals surface area contributed by atoms with Crippen LogP contribution >= 0.6 is 0 Å². The minimum atomic E-state index is 0.736. The summed E-state index contributed by atoms with van der Waals surface area (Å²) in [5.74, 6) is 3.62. The lowest BCUT2D eigenvalue weighted by Gasteiger charge is -2.33. The van der Waals surface area contributed by atoms with Gasteiger partial charge >= 0.3 is 0 Å². The summed E-state index contributed by atoms with van der Waals surface area (Å²) < 4.78 is 0. The molecule has 1 heterocycles.